The molecule has 3 aromatic rings. The van der Waals surface area contributed by atoms with E-state index in [4.69, 9.17) is 0 Å². The first kappa shape index (κ1) is 17.9. The molecule has 0 radical (unpaired) electrons. The molecule has 1 aliphatic carbocycles. The Bertz CT molecular complexity index is 883. The van der Waals surface area contributed by atoms with Crippen LogP contribution in [0, 0.1) is 0 Å². The van der Waals surface area contributed by atoms with Crippen molar-refractivity contribution < 1.29 is 0 Å². The monoisotopic (exact) mass is 355 g/mol. The standard InChI is InChI=1S/C26H29N/c1-25(2)17-18-26(3,4)24-19-22(15-16-23(24)25)27(20-11-7-5-8-12-20)21-13-9-6-10-14-21/h5-16,19H,17-18H2,1-4H3. The molecule has 4 rings (SSSR count). The molecule has 0 saturated carbocycles. The molecular formula is C26H29N. The summed E-state index contributed by atoms with van der Waals surface area (Å²) in [6.07, 6.45) is 2.47. The summed E-state index contributed by atoms with van der Waals surface area (Å²) in [4.78, 5) is 2.36. The van der Waals surface area contributed by atoms with E-state index in [0.29, 0.717) is 0 Å². The number of hydrogen-bond donors (Lipinski definition) is 0. The fourth-order valence-corrected chi connectivity index (χ4v) is 4.32. The van der Waals surface area contributed by atoms with Crippen molar-refractivity contribution in [1.82, 2.24) is 0 Å². The van der Waals surface area contributed by atoms with Crippen molar-refractivity contribution in [2.24, 2.45) is 0 Å². The Morgan fingerprint density at radius 2 is 1.04 bits per heavy atom. The Balaban J connectivity index is 1.90. The van der Waals surface area contributed by atoms with E-state index in [9.17, 15) is 0 Å². The lowest BCUT2D eigenvalue weighted by molar-refractivity contribution is 0.332. The van der Waals surface area contributed by atoms with Crippen LogP contribution in [0.15, 0.2) is 78.9 Å². The van der Waals surface area contributed by atoms with Crippen LogP contribution in [0.1, 0.15) is 51.7 Å². The number of para-hydroxylation sites is 2. The number of anilines is 3. The molecule has 0 N–H and O–H groups in total. The second-order valence-corrected chi connectivity index (χ2v) is 9.00. The summed E-state index contributed by atoms with van der Waals surface area (Å²) < 4.78 is 0. The highest BCUT2D eigenvalue weighted by Crippen LogP contribution is 2.47. The number of benzene rings is 3. The molecule has 138 valence electrons. The third-order valence-corrected chi connectivity index (χ3v) is 6.12. The molecule has 0 amide bonds. The van der Waals surface area contributed by atoms with E-state index in [1.54, 1.807) is 0 Å². The summed E-state index contributed by atoms with van der Waals surface area (Å²) in [6, 6.07) is 28.4. The van der Waals surface area contributed by atoms with Crippen molar-refractivity contribution in [2.45, 2.75) is 51.4 Å². The van der Waals surface area contributed by atoms with Crippen LogP contribution in [-0.4, -0.2) is 0 Å². The van der Waals surface area contributed by atoms with Gasteiger partial charge in [0.05, 0.1) is 0 Å². The van der Waals surface area contributed by atoms with E-state index >= 15 is 0 Å². The van der Waals surface area contributed by atoms with Crippen molar-refractivity contribution in [1.29, 1.82) is 0 Å². The normalized spacial score (nSPS) is 17.2. The number of hydrogen-bond acceptors (Lipinski definition) is 1. The predicted molar refractivity (Wildman–Crippen MR) is 116 cm³/mol. The summed E-state index contributed by atoms with van der Waals surface area (Å²) >= 11 is 0. The van der Waals surface area contributed by atoms with E-state index in [2.05, 4.69) is 111 Å². The van der Waals surface area contributed by atoms with Crippen LogP contribution >= 0.6 is 0 Å². The van der Waals surface area contributed by atoms with Gasteiger partial charge >= 0.3 is 0 Å². The van der Waals surface area contributed by atoms with Gasteiger partial charge in [-0.15, -0.1) is 0 Å². The molecule has 0 aromatic heterocycles. The van der Waals surface area contributed by atoms with Crippen molar-refractivity contribution in [3.05, 3.63) is 90.0 Å². The second kappa shape index (κ2) is 6.56. The van der Waals surface area contributed by atoms with Crippen LogP contribution in [0.3, 0.4) is 0 Å². The maximum absolute atomic E-state index is 2.43. The highest BCUT2D eigenvalue weighted by Gasteiger charge is 2.37. The lowest BCUT2D eigenvalue weighted by Gasteiger charge is -2.42. The third-order valence-electron chi connectivity index (χ3n) is 6.12. The first-order chi connectivity index (χ1) is 12.9. The van der Waals surface area contributed by atoms with E-state index in [1.807, 2.05) is 0 Å². The molecule has 0 atom stereocenters. The van der Waals surface area contributed by atoms with Gasteiger partial charge in [-0.3, -0.25) is 0 Å². The second-order valence-electron chi connectivity index (χ2n) is 9.00. The summed E-state index contributed by atoms with van der Waals surface area (Å²) in [5.41, 5.74) is 7.06. The van der Waals surface area contributed by atoms with Crippen LogP contribution in [0.2, 0.25) is 0 Å². The zero-order valence-electron chi connectivity index (χ0n) is 16.9. The highest BCUT2D eigenvalue weighted by molar-refractivity contribution is 5.77. The number of fused-ring (bicyclic) bond motifs is 1. The zero-order chi connectivity index (χ0) is 19.1. The summed E-state index contributed by atoms with van der Waals surface area (Å²) in [6.45, 7) is 9.54. The van der Waals surface area contributed by atoms with Crippen molar-refractivity contribution >= 4 is 17.1 Å². The maximum Gasteiger partial charge on any atom is 0.0464 e. The number of rotatable bonds is 3. The molecule has 0 spiro atoms. The zero-order valence-corrected chi connectivity index (χ0v) is 16.9. The first-order valence-electron chi connectivity index (χ1n) is 9.94. The third kappa shape index (κ3) is 3.27. The van der Waals surface area contributed by atoms with Crippen LogP contribution in [0.4, 0.5) is 17.1 Å². The van der Waals surface area contributed by atoms with E-state index in [1.165, 1.54) is 41.0 Å². The van der Waals surface area contributed by atoms with Gasteiger partial charge in [-0.1, -0.05) is 70.2 Å². The van der Waals surface area contributed by atoms with Crippen LogP contribution in [-0.2, 0) is 10.8 Å². The maximum atomic E-state index is 2.43. The molecule has 27 heavy (non-hydrogen) atoms. The molecule has 0 unspecified atom stereocenters. The molecule has 0 aliphatic heterocycles. The average Bonchev–Trinajstić information content (AvgIpc) is 2.68. The Labute approximate surface area is 163 Å². The molecule has 0 heterocycles. The van der Waals surface area contributed by atoms with Gasteiger partial charge in [-0.05, 0) is 71.2 Å². The molecule has 1 nitrogen and oxygen atoms in total. The SMILES string of the molecule is CC1(C)CCC(C)(C)c2cc(N(c3ccccc3)c3ccccc3)ccc21. The van der Waals surface area contributed by atoms with E-state index < -0.39 is 0 Å². The molecule has 1 aliphatic rings. The lowest BCUT2D eigenvalue weighted by atomic mass is 9.63. The van der Waals surface area contributed by atoms with Gasteiger partial charge in [0.2, 0.25) is 0 Å². The number of nitrogens with zero attached hydrogens (tertiary/aromatic N) is 1. The first-order valence-corrected chi connectivity index (χ1v) is 9.94. The Morgan fingerprint density at radius 3 is 1.56 bits per heavy atom. The quantitative estimate of drug-likeness (QED) is 0.470. The molecule has 0 saturated heterocycles. The minimum Gasteiger partial charge on any atom is -0.310 e. The van der Waals surface area contributed by atoms with Gasteiger partial charge in [-0.2, -0.15) is 0 Å². The largest absolute Gasteiger partial charge is 0.310 e. The Morgan fingerprint density at radius 1 is 0.556 bits per heavy atom. The molecular weight excluding hydrogens is 326 g/mol. The van der Waals surface area contributed by atoms with Gasteiger partial charge in [0.15, 0.2) is 0 Å². The minimum absolute atomic E-state index is 0.208. The highest BCUT2D eigenvalue weighted by atomic mass is 15.1. The van der Waals surface area contributed by atoms with Gasteiger partial charge in [-0.25, -0.2) is 0 Å². The Kier molecular flexibility index (Phi) is 4.34. The fourth-order valence-electron chi connectivity index (χ4n) is 4.32. The van der Waals surface area contributed by atoms with Crippen molar-refractivity contribution in [3.63, 3.8) is 0 Å². The van der Waals surface area contributed by atoms with Crippen LogP contribution in [0.25, 0.3) is 0 Å². The average molecular weight is 356 g/mol. The predicted octanol–water partition coefficient (Wildman–Crippen LogP) is 7.51. The summed E-state index contributed by atoms with van der Waals surface area (Å²) in [5, 5.41) is 0. The topological polar surface area (TPSA) is 3.24 Å². The van der Waals surface area contributed by atoms with Gasteiger partial charge in [0.1, 0.15) is 0 Å². The molecule has 0 fully saturated rings. The molecule has 3 aromatic carbocycles. The van der Waals surface area contributed by atoms with Crippen molar-refractivity contribution in [2.75, 3.05) is 4.90 Å². The van der Waals surface area contributed by atoms with Gasteiger partial charge in [0.25, 0.3) is 0 Å². The summed E-state index contributed by atoms with van der Waals surface area (Å²) in [7, 11) is 0. The minimum atomic E-state index is 0.208. The molecule has 1 heteroatoms. The molecule has 0 bridgehead atoms. The summed E-state index contributed by atoms with van der Waals surface area (Å²) in [5.74, 6) is 0. The van der Waals surface area contributed by atoms with E-state index in [0.717, 1.165) is 0 Å². The smallest absolute Gasteiger partial charge is 0.0464 e. The Hall–Kier alpha value is -2.54. The van der Waals surface area contributed by atoms with Gasteiger partial charge in [0, 0.05) is 17.1 Å². The van der Waals surface area contributed by atoms with E-state index in [-0.39, 0.29) is 10.8 Å². The fraction of sp³-hybridized carbons (Fsp3) is 0.308. The van der Waals surface area contributed by atoms with Crippen molar-refractivity contribution in [3.8, 4) is 0 Å². The lowest BCUT2D eigenvalue weighted by Crippen LogP contribution is -2.34. The van der Waals surface area contributed by atoms with Gasteiger partial charge < -0.3 is 4.90 Å². The van der Waals surface area contributed by atoms with Crippen LogP contribution < -0.4 is 4.90 Å². The van der Waals surface area contributed by atoms with Crippen LogP contribution in [0.5, 0.6) is 0 Å².